The number of hydrogen-bond donors (Lipinski definition) is 1. The van der Waals surface area contributed by atoms with Crippen molar-refractivity contribution < 1.29 is 13.2 Å². The zero-order valence-electron chi connectivity index (χ0n) is 10.8. The van der Waals surface area contributed by atoms with E-state index in [-0.39, 0.29) is 10.6 Å². The second kappa shape index (κ2) is 5.85. The predicted molar refractivity (Wildman–Crippen MR) is 82.4 cm³/mol. The molecule has 0 fully saturated rings. The van der Waals surface area contributed by atoms with Crippen molar-refractivity contribution in [3.63, 3.8) is 0 Å². The molecule has 106 valence electrons. The zero-order chi connectivity index (χ0) is 14.8. The van der Waals surface area contributed by atoms with Crippen LogP contribution in [-0.2, 0) is 15.6 Å². The molecular formula is C14H14BrNO3S. The number of benzene rings is 2. The van der Waals surface area contributed by atoms with Crippen molar-refractivity contribution in [1.29, 1.82) is 0 Å². The number of rotatable bonds is 4. The molecule has 0 bridgehead atoms. The van der Waals surface area contributed by atoms with Crippen molar-refractivity contribution in [2.75, 3.05) is 12.8 Å². The highest BCUT2D eigenvalue weighted by molar-refractivity contribution is 9.10. The summed E-state index contributed by atoms with van der Waals surface area (Å²) in [6.07, 6.45) is 0. The SMILES string of the molecule is COc1ccc(CS(=O)(=O)c2ccccc2Br)cc1N. The van der Waals surface area contributed by atoms with Crippen LogP contribution in [0, 0.1) is 0 Å². The van der Waals surface area contributed by atoms with Gasteiger partial charge in [0.25, 0.3) is 0 Å². The minimum absolute atomic E-state index is 0.107. The summed E-state index contributed by atoms with van der Waals surface area (Å²) in [5, 5.41) is 0. The van der Waals surface area contributed by atoms with Gasteiger partial charge in [-0.1, -0.05) is 18.2 Å². The van der Waals surface area contributed by atoms with Crippen molar-refractivity contribution in [1.82, 2.24) is 0 Å². The van der Waals surface area contributed by atoms with Gasteiger partial charge in [-0.3, -0.25) is 0 Å². The summed E-state index contributed by atoms with van der Waals surface area (Å²) < 4.78 is 30.4. The first kappa shape index (κ1) is 14.9. The van der Waals surface area contributed by atoms with Crippen molar-refractivity contribution in [3.8, 4) is 5.75 Å². The first-order valence-electron chi connectivity index (χ1n) is 5.84. The molecule has 4 nitrogen and oxygen atoms in total. The Labute approximate surface area is 126 Å². The lowest BCUT2D eigenvalue weighted by molar-refractivity contribution is 0.417. The Hall–Kier alpha value is -1.53. The monoisotopic (exact) mass is 355 g/mol. The number of sulfone groups is 1. The summed E-state index contributed by atoms with van der Waals surface area (Å²) in [6.45, 7) is 0. The third-order valence-electron chi connectivity index (χ3n) is 2.82. The van der Waals surface area contributed by atoms with Crippen LogP contribution in [0.1, 0.15) is 5.56 Å². The van der Waals surface area contributed by atoms with Crippen LogP contribution in [0.2, 0.25) is 0 Å². The van der Waals surface area contributed by atoms with E-state index in [4.69, 9.17) is 10.5 Å². The number of ether oxygens (including phenoxy) is 1. The van der Waals surface area contributed by atoms with Crippen molar-refractivity contribution in [3.05, 3.63) is 52.5 Å². The standard InChI is InChI=1S/C14H14BrNO3S/c1-19-13-7-6-10(8-12(13)16)9-20(17,18)14-5-3-2-4-11(14)15/h2-8H,9,16H2,1H3. The van der Waals surface area contributed by atoms with Crippen LogP contribution >= 0.6 is 15.9 Å². The molecule has 2 aromatic carbocycles. The van der Waals surface area contributed by atoms with E-state index >= 15 is 0 Å². The van der Waals surface area contributed by atoms with Gasteiger partial charge in [0.15, 0.2) is 9.84 Å². The van der Waals surface area contributed by atoms with Crippen LogP contribution in [0.5, 0.6) is 5.75 Å². The van der Waals surface area contributed by atoms with E-state index in [2.05, 4.69) is 15.9 Å². The number of methoxy groups -OCH3 is 1. The average molecular weight is 356 g/mol. The van der Waals surface area contributed by atoms with E-state index in [0.717, 1.165) is 0 Å². The Kier molecular flexibility index (Phi) is 4.35. The molecule has 0 amide bonds. The fraction of sp³-hybridized carbons (Fsp3) is 0.143. The summed E-state index contributed by atoms with van der Waals surface area (Å²) in [4.78, 5) is 0.273. The van der Waals surface area contributed by atoms with Gasteiger partial charge in [0.1, 0.15) is 5.75 Å². The Bertz CT molecular complexity index is 729. The Morgan fingerprint density at radius 1 is 1.20 bits per heavy atom. The second-order valence-electron chi connectivity index (χ2n) is 4.27. The van der Waals surface area contributed by atoms with Crippen LogP contribution in [0.4, 0.5) is 5.69 Å². The molecule has 0 aliphatic carbocycles. The fourth-order valence-electron chi connectivity index (χ4n) is 1.87. The van der Waals surface area contributed by atoms with Gasteiger partial charge in [-0.25, -0.2) is 8.42 Å². The second-order valence-corrected chi connectivity index (χ2v) is 7.08. The van der Waals surface area contributed by atoms with Crippen LogP contribution in [-0.4, -0.2) is 15.5 Å². The largest absolute Gasteiger partial charge is 0.495 e. The summed E-state index contributed by atoms with van der Waals surface area (Å²) in [6, 6.07) is 11.7. The molecule has 0 unspecified atom stereocenters. The third kappa shape index (κ3) is 3.13. The maximum absolute atomic E-state index is 12.4. The number of halogens is 1. The van der Waals surface area contributed by atoms with E-state index in [9.17, 15) is 8.42 Å². The summed E-state index contributed by atoms with van der Waals surface area (Å²) in [5.41, 5.74) is 6.84. The molecule has 0 aliphatic rings. The average Bonchev–Trinajstić information content (AvgIpc) is 2.38. The number of nitrogen functional groups attached to an aromatic ring is 1. The van der Waals surface area contributed by atoms with Gasteiger partial charge in [0.2, 0.25) is 0 Å². The minimum Gasteiger partial charge on any atom is -0.495 e. The highest BCUT2D eigenvalue weighted by Gasteiger charge is 2.18. The molecule has 2 rings (SSSR count). The molecule has 0 saturated heterocycles. The number of anilines is 1. The van der Waals surface area contributed by atoms with E-state index < -0.39 is 9.84 Å². The van der Waals surface area contributed by atoms with Crippen LogP contribution in [0.15, 0.2) is 51.8 Å². The molecule has 20 heavy (non-hydrogen) atoms. The molecule has 0 heterocycles. The first-order chi connectivity index (χ1) is 9.44. The van der Waals surface area contributed by atoms with Crippen molar-refractivity contribution in [2.45, 2.75) is 10.6 Å². The Morgan fingerprint density at radius 2 is 1.90 bits per heavy atom. The molecule has 0 saturated carbocycles. The summed E-state index contributed by atoms with van der Waals surface area (Å²) in [7, 11) is -1.91. The van der Waals surface area contributed by atoms with E-state index in [1.807, 2.05) is 0 Å². The first-order valence-corrected chi connectivity index (χ1v) is 8.28. The van der Waals surface area contributed by atoms with Crippen molar-refractivity contribution >= 4 is 31.5 Å². The van der Waals surface area contributed by atoms with Gasteiger partial charge in [0, 0.05) is 4.47 Å². The maximum atomic E-state index is 12.4. The van der Waals surface area contributed by atoms with Gasteiger partial charge in [0.05, 0.1) is 23.4 Å². The van der Waals surface area contributed by atoms with Crippen LogP contribution < -0.4 is 10.5 Å². The highest BCUT2D eigenvalue weighted by Crippen LogP contribution is 2.27. The van der Waals surface area contributed by atoms with E-state index in [1.54, 1.807) is 42.5 Å². The molecular weight excluding hydrogens is 342 g/mol. The molecule has 2 N–H and O–H groups in total. The lowest BCUT2D eigenvalue weighted by atomic mass is 10.2. The number of hydrogen-bond acceptors (Lipinski definition) is 4. The molecule has 0 radical (unpaired) electrons. The molecule has 0 spiro atoms. The zero-order valence-corrected chi connectivity index (χ0v) is 13.2. The van der Waals surface area contributed by atoms with Gasteiger partial charge in [-0.05, 0) is 45.8 Å². The maximum Gasteiger partial charge on any atom is 0.183 e. The lowest BCUT2D eigenvalue weighted by Gasteiger charge is -2.09. The van der Waals surface area contributed by atoms with Gasteiger partial charge in [-0.15, -0.1) is 0 Å². The van der Waals surface area contributed by atoms with Crippen molar-refractivity contribution in [2.24, 2.45) is 0 Å². The smallest absolute Gasteiger partial charge is 0.183 e. The Morgan fingerprint density at radius 3 is 2.50 bits per heavy atom. The highest BCUT2D eigenvalue weighted by atomic mass is 79.9. The van der Waals surface area contributed by atoms with Crippen LogP contribution in [0.3, 0.4) is 0 Å². The molecule has 2 aromatic rings. The fourth-order valence-corrected chi connectivity index (χ4v) is 4.32. The predicted octanol–water partition coefficient (Wildman–Crippen LogP) is 3.01. The normalized spacial score (nSPS) is 11.3. The molecule has 0 aromatic heterocycles. The van der Waals surface area contributed by atoms with Gasteiger partial charge < -0.3 is 10.5 Å². The summed E-state index contributed by atoms with van der Waals surface area (Å²) >= 11 is 3.26. The van der Waals surface area contributed by atoms with Crippen LogP contribution in [0.25, 0.3) is 0 Å². The topological polar surface area (TPSA) is 69.4 Å². The molecule has 0 aliphatic heterocycles. The van der Waals surface area contributed by atoms with E-state index in [1.165, 1.54) is 7.11 Å². The minimum atomic E-state index is -3.42. The van der Waals surface area contributed by atoms with Gasteiger partial charge >= 0.3 is 0 Å². The van der Waals surface area contributed by atoms with Gasteiger partial charge in [-0.2, -0.15) is 0 Å². The molecule has 6 heteroatoms. The number of nitrogens with two attached hydrogens (primary N) is 1. The summed E-state index contributed by atoms with van der Waals surface area (Å²) in [5.74, 6) is 0.427. The Balaban J connectivity index is 2.34. The third-order valence-corrected chi connectivity index (χ3v) is 5.52. The molecule has 0 atom stereocenters. The quantitative estimate of drug-likeness (QED) is 0.855. The lowest BCUT2D eigenvalue weighted by Crippen LogP contribution is -2.06. The van der Waals surface area contributed by atoms with E-state index in [0.29, 0.717) is 21.5 Å².